The number of methoxy groups -OCH3 is 2. The minimum atomic E-state index is -0.455. The smallest absolute Gasteiger partial charge is 0.323 e. The fourth-order valence-corrected chi connectivity index (χ4v) is 3.86. The van der Waals surface area contributed by atoms with Gasteiger partial charge in [0.25, 0.3) is 0 Å². The summed E-state index contributed by atoms with van der Waals surface area (Å²) in [6, 6.07) is 1.10. The van der Waals surface area contributed by atoms with Crippen LogP contribution in [-0.4, -0.2) is 35.2 Å². The maximum atomic E-state index is 12.5. The van der Waals surface area contributed by atoms with E-state index < -0.39 is 6.03 Å². The lowest BCUT2D eigenvalue weighted by Crippen LogP contribution is -2.21. The van der Waals surface area contributed by atoms with Crippen molar-refractivity contribution in [3.63, 3.8) is 0 Å². The maximum absolute atomic E-state index is 12.5. The predicted molar refractivity (Wildman–Crippen MR) is 111 cm³/mol. The number of aryl methyl sites for hydroxylation is 1. The number of carbonyl (C=O) groups is 1. The molecule has 0 aliphatic heterocycles. The van der Waals surface area contributed by atoms with E-state index in [1.807, 2.05) is 13.8 Å². The van der Waals surface area contributed by atoms with E-state index >= 15 is 0 Å². The van der Waals surface area contributed by atoms with E-state index in [-0.39, 0.29) is 12.0 Å². The average molecular weight is 422 g/mol. The average Bonchev–Trinajstić information content (AvgIpc) is 3.04. The van der Waals surface area contributed by atoms with Gasteiger partial charge in [0.2, 0.25) is 5.88 Å². The summed E-state index contributed by atoms with van der Waals surface area (Å²) in [4.78, 5) is 26.4. The van der Waals surface area contributed by atoms with Gasteiger partial charge in [-0.25, -0.2) is 19.7 Å². The molecule has 0 saturated carbocycles. The summed E-state index contributed by atoms with van der Waals surface area (Å²) in [5.41, 5.74) is 2.52. The first kappa shape index (κ1) is 20.2. The van der Waals surface area contributed by atoms with Crippen LogP contribution in [0.15, 0.2) is 18.5 Å². The molecule has 0 aliphatic rings. The third-order valence-corrected chi connectivity index (χ3v) is 5.21. The predicted octanol–water partition coefficient (Wildman–Crippen LogP) is 4.80. The molecule has 148 valence electrons. The summed E-state index contributed by atoms with van der Waals surface area (Å²) in [7, 11) is 3.10. The molecule has 2 amide bonds. The topological polar surface area (TPSA) is 98.3 Å². The normalized spacial score (nSPS) is 12.0. The molecule has 2 N–H and O–H groups in total. The number of thiazole rings is 1. The number of ether oxygens (including phenoxy) is 2. The summed E-state index contributed by atoms with van der Waals surface area (Å²) in [6.45, 7) is 3.93. The first-order chi connectivity index (χ1) is 13.5. The van der Waals surface area contributed by atoms with E-state index in [0.29, 0.717) is 16.4 Å². The largest absolute Gasteiger partial charge is 0.480 e. The van der Waals surface area contributed by atoms with E-state index in [2.05, 4.69) is 25.6 Å². The summed E-state index contributed by atoms with van der Waals surface area (Å²) >= 11 is 7.55. The summed E-state index contributed by atoms with van der Waals surface area (Å²) in [5, 5.41) is 6.72. The van der Waals surface area contributed by atoms with Crippen LogP contribution >= 0.6 is 22.9 Å². The lowest BCUT2D eigenvalue weighted by molar-refractivity contribution is 0.102. The molecule has 0 spiro atoms. The molecule has 0 saturated heterocycles. The molecule has 1 unspecified atom stereocenters. The molecule has 0 aromatic carbocycles. The molecule has 8 nitrogen and oxygen atoms in total. The van der Waals surface area contributed by atoms with Gasteiger partial charge in [0, 0.05) is 12.7 Å². The van der Waals surface area contributed by atoms with E-state index in [4.69, 9.17) is 21.1 Å². The quantitative estimate of drug-likeness (QED) is 0.593. The van der Waals surface area contributed by atoms with Gasteiger partial charge >= 0.3 is 6.03 Å². The molecule has 10 heteroatoms. The number of nitrogens with one attached hydrogen (secondary N) is 2. The standard InChI is InChI=1S/C18H20ClN5O3S/c1-5-13(26-3)14-12(8-21-17-15(14)22-9(2)28-17)24-18(25)23-10-6-11(19)16(27-4)20-7-10/h6-8,13H,5H2,1-4H3,(H2,23,24,25). The highest BCUT2D eigenvalue weighted by Crippen LogP contribution is 2.35. The third-order valence-electron chi connectivity index (χ3n) is 4.06. The highest BCUT2D eigenvalue weighted by Gasteiger charge is 2.21. The molecule has 0 aliphatic carbocycles. The third kappa shape index (κ3) is 4.16. The van der Waals surface area contributed by atoms with Crippen molar-refractivity contribution < 1.29 is 14.3 Å². The van der Waals surface area contributed by atoms with Gasteiger partial charge in [-0.3, -0.25) is 0 Å². The molecule has 3 heterocycles. The van der Waals surface area contributed by atoms with Crippen molar-refractivity contribution >= 4 is 50.7 Å². The molecule has 0 fully saturated rings. The van der Waals surface area contributed by atoms with Gasteiger partial charge in [0.15, 0.2) is 0 Å². The van der Waals surface area contributed by atoms with Gasteiger partial charge in [-0.15, -0.1) is 0 Å². The molecular weight excluding hydrogens is 402 g/mol. The molecule has 3 aromatic rings. The molecule has 3 rings (SSSR count). The monoisotopic (exact) mass is 421 g/mol. The fraction of sp³-hybridized carbons (Fsp3) is 0.333. The van der Waals surface area contributed by atoms with E-state index in [9.17, 15) is 4.79 Å². The Morgan fingerprint density at radius 1 is 1.29 bits per heavy atom. The van der Waals surface area contributed by atoms with E-state index in [1.165, 1.54) is 24.6 Å². The summed E-state index contributed by atoms with van der Waals surface area (Å²) in [6.07, 6.45) is 3.58. The Bertz CT molecular complexity index is 1010. The number of pyridine rings is 2. The van der Waals surface area contributed by atoms with Gasteiger partial charge in [-0.2, -0.15) is 0 Å². The van der Waals surface area contributed by atoms with Crippen LogP contribution in [0.25, 0.3) is 10.3 Å². The second kappa shape index (κ2) is 8.68. The Morgan fingerprint density at radius 3 is 2.71 bits per heavy atom. The number of carbonyl (C=O) groups excluding carboxylic acids is 1. The Balaban J connectivity index is 1.89. The second-order valence-corrected chi connectivity index (χ2v) is 7.49. The van der Waals surface area contributed by atoms with Crippen molar-refractivity contribution in [2.75, 3.05) is 24.9 Å². The molecule has 3 aromatic heterocycles. The van der Waals surface area contributed by atoms with Crippen LogP contribution in [0.5, 0.6) is 5.88 Å². The number of halogens is 1. The summed E-state index contributed by atoms with van der Waals surface area (Å²) < 4.78 is 10.6. The second-order valence-electron chi connectivity index (χ2n) is 5.90. The van der Waals surface area contributed by atoms with Crippen LogP contribution in [0.1, 0.15) is 30.0 Å². The number of hydrogen-bond donors (Lipinski definition) is 2. The van der Waals surface area contributed by atoms with Crippen molar-refractivity contribution in [2.45, 2.75) is 26.4 Å². The molecule has 0 radical (unpaired) electrons. The Morgan fingerprint density at radius 2 is 2.07 bits per heavy atom. The Kier molecular flexibility index (Phi) is 6.28. The van der Waals surface area contributed by atoms with Crippen molar-refractivity contribution in [2.24, 2.45) is 0 Å². The van der Waals surface area contributed by atoms with Gasteiger partial charge < -0.3 is 20.1 Å². The minimum Gasteiger partial charge on any atom is -0.480 e. The van der Waals surface area contributed by atoms with E-state index in [0.717, 1.165) is 27.3 Å². The number of aromatic nitrogens is 3. The van der Waals surface area contributed by atoms with Crippen LogP contribution in [0, 0.1) is 6.92 Å². The lowest BCUT2D eigenvalue weighted by atomic mass is 10.1. The number of hydrogen-bond acceptors (Lipinski definition) is 7. The zero-order chi connectivity index (χ0) is 20.3. The number of anilines is 2. The van der Waals surface area contributed by atoms with Gasteiger partial charge in [0.05, 0.1) is 42.0 Å². The van der Waals surface area contributed by atoms with Crippen molar-refractivity contribution in [3.05, 3.63) is 34.1 Å². The van der Waals surface area contributed by atoms with Gasteiger partial charge in [-0.1, -0.05) is 29.9 Å². The number of fused-ring (bicyclic) bond motifs is 1. The van der Waals surface area contributed by atoms with Crippen LogP contribution in [0.2, 0.25) is 5.02 Å². The highest BCUT2D eigenvalue weighted by molar-refractivity contribution is 7.18. The first-order valence-corrected chi connectivity index (χ1v) is 9.72. The molecule has 1 atom stereocenters. The first-order valence-electron chi connectivity index (χ1n) is 8.53. The van der Waals surface area contributed by atoms with Crippen LogP contribution < -0.4 is 15.4 Å². The number of nitrogens with zero attached hydrogens (tertiary/aromatic N) is 3. The minimum absolute atomic E-state index is 0.223. The van der Waals surface area contributed by atoms with Crippen molar-refractivity contribution in [3.8, 4) is 5.88 Å². The fourth-order valence-electron chi connectivity index (χ4n) is 2.84. The van der Waals surface area contributed by atoms with Crippen molar-refractivity contribution in [1.82, 2.24) is 15.0 Å². The maximum Gasteiger partial charge on any atom is 0.323 e. The zero-order valence-corrected chi connectivity index (χ0v) is 17.4. The molecule has 28 heavy (non-hydrogen) atoms. The van der Waals surface area contributed by atoms with Crippen molar-refractivity contribution in [1.29, 1.82) is 0 Å². The molecular formula is C18H20ClN5O3S. The number of rotatable bonds is 6. The summed E-state index contributed by atoms with van der Waals surface area (Å²) in [5.74, 6) is 0.286. The highest BCUT2D eigenvalue weighted by atomic mass is 35.5. The van der Waals surface area contributed by atoms with E-state index in [1.54, 1.807) is 19.4 Å². The lowest BCUT2D eigenvalue weighted by Gasteiger charge is -2.18. The van der Waals surface area contributed by atoms with Gasteiger partial charge in [-0.05, 0) is 19.4 Å². The van der Waals surface area contributed by atoms with Crippen LogP contribution in [0.4, 0.5) is 16.2 Å². The van der Waals surface area contributed by atoms with Crippen LogP contribution in [0.3, 0.4) is 0 Å². The Labute approximate surface area is 171 Å². The molecule has 0 bridgehead atoms. The zero-order valence-electron chi connectivity index (χ0n) is 15.9. The SMILES string of the molecule is CCC(OC)c1c(NC(=O)Nc2cnc(OC)c(Cl)c2)cnc2sc(C)nc12. The van der Waals surface area contributed by atoms with Crippen LogP contribution in [-0.2, 0) is 4.74 Å². The Hall–Kier alpha value is -2.49. The number of amides is 2. The van der Waals surface area contributed by atoms with Gasteiger partial charge in [0.1, 0.15) is 15.4 Å². The number of urea groups is 1.